The minimum Gasteiger partial charge on any atom is -0.373 e. The van der Waals surface area contributed by atoms with E-state index < -0.39 is 0 Å². The van der Waals surface area contributed by atoms with Crippen molar-refractivity contribution in [3.63, 3.8) is 0 Å². The standard InChI is InChI=1S/C16H23N5O2S2/c1-10-5-21(6-11(2)23-10)7-12-8-25-16(18-12)20-15(22)13-9-24-14(19-13)3-4-17/h8-11H,3-7,17H2,1-2H3,(H,18,20,22). The molecule has 1 aliphatic heterocycles. The molecule has 1 amide bonds. The summed E-state index contributed by atoms with van der Waals surface area (Å²) in [5.41, 5.74) is 6.89. The van der Waals surface area contributed by atoms with Crippen molar-refractivity contribution in [2.75, 3.05) is 25.0 Å². The van der Waals surface area contributed by atoms with Crippen LogP contribution in [0.5, 0.6) is 0 Å². The van der Waals surface area contributed by atoms with E-state index in [-0.39, 0.29) is 18.1 Å². The summed E-state index contributed by atoms with van der Waals surface area (Å²) in [5, 5.41) is 8.05. The zero-order valence-electron chi connectivity index (χ0n) is 14.4. The van der Waals surface area contributed by atoms with E-state index in [9.17, 15) is 4.79 Å². The van der Waals surface area contributed by atoms with Gasteiger partial charge in [-0.15, -0.1) is 22.7 Å². The van der Waals surface area contributed by atoms with Crippen LogP contribution in [0.2, 0.25) is 0 Å². The highest BCUT2D eigenvalue weighted by atomic mass is 32.1. The molecule has 1 aliphatic rings. The molecule has 3 heterocycles. The number of nitrogens with zero attached hydrogens (tertiary/aromatic N) is 3. The first-order chi connectivity index (χ1) is 12.0. The van der Waals surface area contributed by atoms with Gasteiger partial charge < -0.3 is 10.5 Å². The van der Waals surface area contributed by atoms with Crippen molar-refractivity contribution in [2.45, 2.75) is 39.0 Å². The first-order valence-corrected chi connectivity index (χ1v) is 10.1. The van der Waals surface area contributed by atoms with Crippen molar-refractivity contribution >= 4 is 33.7 Å². The third-order valence-corrected chi connectivity index (χ3v) is 5.51. The van der Waals surface area contributed by atoms with Gasteiger partial charge in [-0.2, -0.15) is 0 Å². The average molecular weight is 382 g/mol. The number of thiazole rings is 2. The van der Waals surface area contributed by atoms with Crippen LogP contribution >= 0.6 is 22.7 Å². The Balaban J connectivity index is 1.56. The molecule has 0 saturated carbocycles. The first-order valence-electron chi connectivity index (χ1n) is 8.31. The minimum atomic E-state index is -0.228. The number of nitrogens with two attached hydrogens (primary N) is 1. The predicted octanol–water partition coefficient (Wildman–Crippen LogP) is 1.96. The fraction of sp³-hybridized carbons (Fsp3) is 0.562. The van der Waals surface area contributed by atoms with E-state index in [1.807, 2.05) is 5.38 Å². The Kier molecular flexibility index (Phi) is 6.13. The van der Waals surface area contributed by atoms with Crippen LogP contribution < -0.4 is 11.1 Å². The van der Waals surface area contributed by atoms with Gasteiger partial charge in [0, 0.05) is 36.8 Å². The number of carbonyl (C=O) groups excluding carboxylic acids is 1. The number of hydrogen-bond acceptors (Lipinski definition) is 8. The second-order valence-corrected chi connectivity index (χ2v) is 8.02. The quantitative estimate of drug-likeness (QED) is 0.794. The topological polar surface area (TPSA) is 93.4 Å². The maximum Gasteiger partial charge on any atom is 0.276 e. The molecule has 0 spiro atoms. The maximum atomic E-state index is 12.3. The smallest absolute Gasteiger partial charge is 0.276 e. The van der Waals surface area contributed by atoms with Crippen LogP contribution in [-0.4, -0.2) is 52.6 Å². The fourth-order valence-electron chi connectivity index (χ4n) is 2.89. The van der Waals surface area contributed by atoms with E-state index in [0.717, 1.165) is 30.3 Å². The summed E-state index contributed by atoms with van der Waals surface area (Å²) in [7, 11) is 0. The Bertz CT molecular complexity index is 707. The Morgan fingerprint density at radius 3 is 2.80 bits per heavy atom. The third-order valence-electron chi connectivity index (χ3n) is 3.80. The first kappa shape index (κ1) is 18.4. The summed E-state index contributed by atoms with van der Waals surface area (Å²) in [6, 6.07) is 0. The molecule has 136 valence electrons. The van der Waals surface area contributed by atoms with Crippen LogP contribution in [0.1, 0.15) is 35.0 Å². The van der Waals surface area contributed by atoms with Gasteiger partial charge in [-0.05, 0) is 20.4 Å². The Labute approximate surface area is 155 Å². The monoisotopic (exact) mass is 381 g/mol. The molecule has 1 saturated heterocycles. The van der Waals surface area contributed by atoms with Gasteiger partial charge in [-0.1, -0.05) is 0 Å². The van der Waals surface area contributed by atoms with Gasteiger partial charge in [-0.25, -0.2) is 9.97 Å². The SMILES string of the molecule is CC1CN(Cc2csc(NC(=O)c3csc(CCN)n3)n2)CC(C)O1. The minimum absolute atomic E-state index is 0.228. The molecule has 3 rings (SSSR count). The molecule has 7 nitrogen and oxygen atoms in total. The molecule has 0 aromatic carbocycles. The summed E-state index contributed by atoms with van der Waals surface area (Å²) in [6.45, 7) is 7.26. The number of rotatable bonds is 6. The molecule has 1 fully saturated rings. The number of morpholine rings is 1. The summed E-state index contributed by atoms with van der Waals surface area (Å²) in [6.07, 6.45) is 1.15. The highest BCUT2D eigenvalue weighted by molar-refractivity contribution is 7.14. The van der Waals surface area contributed by atoms with Crippen molar-refractivity contribution in [3.8, 4) is 0 Å². The lowest BCUT2D eigenvalue weighted by atomic mass is 10.2. The zero-order chi connectivity index (χ0) is 17.8. The van der Waals surface area contributed by atoms with Crippen LogP contribution in [0.3, 0.4) is 0 Å². The Morgan fingerprint density at radius 2 is 2.08 bits per heavy atom. The summed E-state index contributed by atoms with van der Waals surface area (Å²) in [4.78, 5) is 23.4. The van der Waals surface area contributed by atoms with E-state index in [4.69, 9.17) is 10.5 Å². The molecule has 2 atom stereocenters. The van der Waals surface area contributed by atoms with Crippen LogP contribution in [0.15, 0.2) is 10.8 Å². The van der Waals surface area contributed by atoms with Crippen LogP contribution in [0.4, 0.5) is 5.13 Å². The number of anilines is 1. The van der Waals surface area contributed by atoms with Crippen LogP contribution in [-0.2, 0) is 17.7 Å². The van der Waals surface area contributed by atoms with Gasteiger partial charge in [-0.3, -0.25) is 15.0 Å². The van der Waals surface area contributed by atoms with Crippen molar-refractivity contribution in [1.82, 2.24) is 14.9 Å². The predicted molar refractivity (Wildman–Crippen MR) is 100 cm³/mol. The molecule has 2 unspecified atom stereocenters. The Hall–Kier alpha value is -1.39. The Morgan fingerprint density at radius 1 is 1.32 bits per heavy atom. The lowest BCUT2D eigenvalue weighted by Gasteiger charge is -2.34. The summed E-state index contributed by atoms with van der Waals surface area (Å²) in [5.74, 6) is -0.228. The fourth-order valence-corrected chi connectivity index (χ4v) is 4.38. The van der Waals surface area contributed by atoms with Gasteiger partial charge in [0.25, 0.3) is 5.91 Å². The van der Waals surface area contributed by atoms with Crippen LogP contribution in [0.25, 0.3) is 0 Å². The number of ether oxygens (including phenoxy) is 1. The van der Waals surface area contributed by atoms with Gasteiger partial charge in [0.2, 0.25) is 0 Å². The van der Waals surface area contributed by atoms with E-state index in [0.29, 0.717) is 23.8 Å². The van der Waals surface area contributed by atoms with Crippen molar-refractivity contribution < 1.29 is 9.53 Å². The van der Waals surface area contributed by atoms with Crippen LogP contribution in [0, 0.1) is 0 Å². The molecular weight excluding hydrogens is 358 g/mol. The van der Waals surface area contributed by atoms with E-state index in [1.165, 1.54) is 22.7 Å². The molecule has 0 radical (unpaired) electrons. The number of hydrogen-bond donors (Lipinski definition) is 2. The number of nitrogens with one attached hydrogen (secondary N) is 1. The van der Waals surface area contributed by atoms with Crippen molar-refractivity contribution in [2.24, 2.45) is 5.73 Å². The molecule has 2 aromatic rings. The summed E-state index contributed by atoms with van der Waals surface area (Å²) < 4.78 is 5.75. The van der Waals surface area contributed by atoms with E-state index in [1.54, 1.807) is 5.38 Å². The highest BCUT2D eigenvalue weighted by Crippen LogP contribution is 2.20. The van der Waals surface area contributed by atoms with Gasteiger partial charge in [0.15, 0.2) is 5.13 Å². The molecule has 0 aliphatic carbocycles. The molecule has 0 bridgehead atoms. The largest absolute Gasteiger partial charge is 0.373 e. The highest BCUT2D eigenvalue weighted by Gasteiger charge is 2.23. The average Bonchev–Trinajstić information content (AvgIpc) is 3.16. The van der Waals surface area contributed by atoms with E-state index >= 15 is 0 Å². The van der Waals surface area contributed by atoms with E-state index in [2.05, 4.69) is 34.0 Å². The lowest BCUT2D eigenvalue weighted by molar-refractivity contribution is -0.0707. The molecule has 2 aromatic heterocycles. The zero-order valence-corrected chi connectivity index (χ0v) is 16.0. The number of carbonyl (C=O) groups is 1. The normalized spacial score (nSPS) is 21.4. The van der Waals surface area contributed by atoms with Crippen molar-refractivity contribution in [3.05, 3.63) is 27.2 Å². The molecule has 25 heavy (non-hydrogen) atoms. The third kappa shape index (κ3) is 5.05. The summed E-state index contributed by atoms with van der Waals surface area (Å²) >= 11 is 2.89. The second-order valence-electron chi connectivity index (χ2n) is 6.21. The van der Waals surface area contributed by atoms with Gasteiger partial charge in [0.05, 0.1) is 22.9 Å². The number of amides is 1. The molecular formula is C16H23N5O2S2. The molecule has 3 N–H and O–H groups in total. The van der Waals surface area contributed by atoms with Crippen molar-refractivity contribution in [1.29, 1.82) is 0 Å². The molecule has 9 heteroatoms. The lowest BCUT2D eigenvalue weighted by Crippen LogP contribution is -2.44. The second kappa shape index (κ2) is 8.33. The number of aromatic nitrogens is 2. The van der Waals surface area contributed by atoms with Gasteiger partial charge in [0.1, 0.15) is 5.69 Å². The maximum absolute atomic E-state index is 12.3. The van der Waals surface area contributed by atoms with Gasteiger partial charge >= 0.3 is 0 Å².